The second kappa shape index (κ2) is 5.73. The number of ketones is 1. The average Bonchev–Trinajstić information content (AvgIpc) is 2.43. The molecule has 0 spiro atoms. The van der Waals surface area contributed by atoms with Gasteiger partial charge in [-0.05, 0) is 57.5 Å². The maximum atomic E-state index is 12.6. The van der Waals surface area contributed by atoms with Crippen molar-refractivity contribution >= 4 is 5.78 Å². The third-order valence-corrected chi connectivity index (χ3v) is 5.49. The molecule has 3 atom stereocenters. The summed E-state index contributed by atoms with van der Waals surface area (Å²) in [4.78, 5) is 15.2. The van der Waals surface area contributed by atoms with E-state index >= 15 is 0 Å². The fraction of sp³-hybridized carbons (Fsp3) is 0.938. The van der Waals surface area contributed by atoms with Crippen LogP contribution in [0.1, 0.15) is 57.8 Å². The molecule has 1 aliphatic heterocycles. The fourth-order valence-electron chi connectivity index (χ4n) is 4.42. The molecule has 3 aliphatic rings. The van der Waals surface area contributed by atoms with Crippen molar-refractivity contribution in [1.82, 2.24) is 4.90 Å². The second-order valence-electron chi connectivity index (χ2n) is 6.69. The molecule has 1 heterocycles. The molecule has 0 aromatic rings. The molecule has 0 aromatic carbocycles. The van der Waals surface area contributed by atoms with Gasteiger partial charge in [-0.2, -0.15) is 0 Å². The van der Waals surface area contributed by atoms with Crippen molar-refractivity contribution in [3.05, 3.63) is 0 Å². The zero-order valence-corrected chi connectivity index (χ0v) is 11.6. The van der Waals surface area contributed by atoms with Crippen molar-refractivity contribution in [3.63, 3.8) is 0 Å². The number of Topliss-reactive ketones (excluding diaryl/α,β-unsaturated/α-hetero) is 1. The lowest BCUT2D eigenvalue weighted by Gasteiger charge is -2.40. The highest BCUT2D eigenvalue weighted by atomic mass is 16.1. The normalized spacial score (nSPS) is 38.4. The second-order valence-corrected chi connectivity index (χ2v) is 6.69. The Labute approximate surface area is 111 Å². The van der Waals surface area contributed by atoms with Crippen LogP contribution in [0, 0.1) is 17.8 Å². The number of nitrogens with zero attached hydrogens (tertiary/aromatic N) is 1. The Morgan fingerprint density at radius 2 is 1.67 bits per heavy atom. The number of piperidine rings is 1. The SMILES string of the molecule is O=C1C(CN2CCCCC2)CCC2CCCCC12. The van der Waals surface area contributed by atoms with E-state index in [1.54, 1.807) is 0 Å². The van der Waals surface area contributed by atoms with Gasteiger partial charge in [0.15, 0.2) is 0 Å². The average molecular weight is 249 g/mol. The quantitative estimate of drug-likeness (QED) is 0.748. The smallest absolute Gasteiger partial charge is 0.140 e. The van der Waals surface area contributed by atoms with Gasteiger partial charge in [0.25, 0.3) is 0 Å². The van der Waals surface area contributed by atoms with Gasteiger partial charge in [0, 0.05) is 18.4 Å². The van der Waals surface area contributed by atoms with Crippen LogP contribution >= 0.6 is 0 Å². The van der Waals surface area contributed by atoms with E-state index in [9.17, 15) is 4.79 Å². The first-order chi connectivity index (χ1) is 8.84. The lowest BCUT2D eigenvalue weighted by molar-refractivity contribution is -0.133. The van der Waals surface area contributed by atoms with Crippen molar-refractivity contribution in [1.29, 1.82) is 0 Å². The van der Waals surface area contributed by atoms with Gasteiger partial charge in [0.1, 0.15) is 5.78 Å². The summed E-state index contributed by atoms with van der Waals surface area (Å²) in [7, 11) is 0. The summed E-state index contributed by atoms with van der Waals surface area (Å²) in [5.74, 6) is 2.21. The molecule has 2 nitrogen and oxygen atoms in total. The monoisotopic (exact) mass is 249 g/mol. The molecule has 2 aliphatic carbocycles. The number of rotatable bonds is 2. The third-order valence-electron chi connectivity index (χ3n) is 5.49. The van der Waals surface area contributed by atoms with Crippen molar-refractivity contribution in [2.45, 2.75) is 57.8 Å². The van der Waals surface area contributed by atoms with Crippen LogP contribution < -0.4 is 0 Å². The molecule has 102 valence electrons. The van der Waals surface area contributed by atoms with Crippen LogP contribution in [-0.2, 0) is 4.79 Å². The van der Waals surface area contributed by atoms with Crippen LogP contribution in [0.15, 0.2) is 0 Å². The molecule has 3 fully saturated rings. The highest BCUT2D eigenvalue weighted by Gasteiger charge is 2.39. The highest BCUT2D eigenvalue weighted by molar-refractivity contribution is 5.84. The van der Waals surface area contributed by atoms with Crippen LogP contribution in [-0.4, -0.2) is 30.3 Å². The van der Waals surface area contributed by atoms with Gasteiger partial charge in [0.05, 0.1) is 0 Å². The van der Waals surface area contributed by atoms with E-state index in [1.165, 1.54) is 70.9 Å². The molecule has 18 heavy (non-hydrogen) atoms. The van der Waals surface area contributed by atoms with Crippen LogP contribution in [0.3, 0.4) is 0 Å². The molecule has 0 radical (unpaired) electrons. The van der Waals surface area contributed by atoms with E-state index in [0.29, 0.717) is 17.6 Å². The van der Waals surface area contributed by atoms with Gasteiger partial charge in [-0.25, -0.2) is 0 Å². The summed E-state index contributed by atoms with van der Waals surface area (Å²) in [6.45, 7) is 3.54. The van der Waals surface area contributed by atoms with E-state index in [1.807, 2.05) is 0 Å². The number of carbonyl (C=O) groups is 1. The fourth-order valence-corrected chi connectivity index (χ4v) is 4.42. The molecule has 3 unspecified atom stereocenters. The van der Waals surface area contributed by atoms with Gasteiger partial charge in [-0.1, -0.05) is 19.3 Å². The van der Waals surface area contributed by atoms with Crippen molar-refractivity contribution in [2.24, 2.45) is 17.8 Å². The summed E-state index contributed by atoms with van der Waals surface area (Å²) >= 11 is 0. The number of hydrogen-bond donors (Lipinski definition) is 0. The first-order valence-electron chi connectivity index (χ1n) is 8.10. The van der Waals surface area contributed by atoms with Crippen molar-refractivity contribution in [2.75, 3.05) is 19.6 Å². The largest absolute Gasteiger partial charge is 0.303 e. The minimum Gasteiger partial charge on any atom is -0.303 e. The Morgan fingerprint density at radius 1 is 0.889 bits per heavy atom. The van der Waals surface area contributed by atoms with E-state index in [0.717, 1.165) is 12.5 Å². The Bertz CT molecular complexity index is 295. The van der Waals surface area contributed by atoms with E-state index < -0.39 is 0 Å². The minimum absolute atomic E-state index is 0.377. The summed E-state index contributed by atoms with van der Waals surface area (Å²) < 4.78 is 0. The molecule has 3 rings (SSSR count). The zero-order chi connectivity index (χ0) is 12.4. The van der Waals surface area contributed by atoms with Gasteiger partial charge in [-0.3, -0.25) is 4.79 Å². The molecule has 0 bridgehead atoms. The summed E-state index contributed by atoms with van der Waals surface area (Å²) in [6, 6.07) is 0. The Hall–Kier alpha value is -0.370. The zero-order valence-electron chi connectivity index (χ0n) is 11.6. The predicted octanol–water partition coefficient (Wildman–Crippen LogP) is 3.26. The minimum atomic E-state index is 0.377. The number of fused-ring (bicyclic) bond motifs is 1. The standard InChI is InChI=1S/C16H27NO/c18-16-14(12-17-10-4-1-5-11-17)9-8-13-6-2-3-7-15(13)16/h13-15H,1-12H2. The van der Waals surface area contributed by atoms with Crippen molar-refractivity contribution < 1.29 is 4.79 Å². The molecular formula is C16H27NO. The lowest BCUT2D eigenvalue weighted by Crippen LogP contribution is -2.43. The maximum absolute atomic E-state index is 12.6. The highest BCUT2D eigenvalue weighted by Crippen LogP contribution is 2.40. The van der Waals surface area contributed by atoms with E-state index in [4.69, 9.17) is 0 Å². The van der Waals surface area contributed by atoms with Crippen LogP contribution in [0.25, 0.3) is 0 Å². The Kier molecular flexibility index (Phi) is 4.03. The van der Waals surface area contributed by atoms with E-state index in [-0.39, 0.29) is 0 Å². The molecule has 2 heteroatoms. The number of hydrogen-bond acceptors (Lipinski definition) is 2. The Morgan fingerprint density at radius 3 is 2.50 bits per heavy atom. The summed E-state index contributed by atoms with van der Waals surface area (Å²) in [5, 5.41) is 0. The molecule has 0 N–H and O–H groups in total. The number of likely N-dealkylation sites (tertiary alicyclic amines) is 1. The van der Waals surface area contributed by atoms with Crippen molar-refractivity contribution in [3.8, 4) is 0 Å². The van der Waals surface area contributed by atoms with Crippen LogP contribution in [0.4, 0.5) is 0 Å². The summed E-state index contributed by atoms with van der Waals surface area (Å²) in [5.41, 5.74) is 0. The topological polar surface area (TPSA) is 20.3 Å². The van der Waals surface area contributed by atoms with Crippen LogP contribution in [0.5, 0.6) is 0 Å². The molecule has 0 amide bonds. The summed E-state index contributed by atoms with van der Waals surface area (Å²) in [6.07, 6.45) is 11.8. The van der Waals surface area contributed by atoms with Gasteiger partial charge >= 0.3 is 0 Å². The molecule has 0 aromatic heterocycles. The molecule has 2 saturated carbocycles. The Balaban J connectivity index is 1.57. The lowest BCUT2D eigenvalue weighted by atomic mass is 9.66. The predicted molar refractivity (Wildman–Crippen MR) is 73.5 cm³/mol. The third kappa shape index (κ3) is 2.64. The first kappa shape index (κ1) is 12.7. The van der Waals surface area contributed by atoms with Gasteiger partial charge in [0.2, 0.25) is 0 Å². The van der Waals surface area contributed by atoms with Gasteiger partial charge < -0.3 is 4.90 Å². The van der Waals surface area contributed by atoms with Gasteiger partial charge in [-0.15, -0.1) is 0 Å². The van der Waals surface area contributed by atoms with Crippen LogP contribution in [0.2, 0.25) is 0 Å². The first-order valence-corrected chi connectivity index (χ1v) is 8.10. The number of carbonyl (C=O) groups excluding carboxylic acids is 1. The molecule has 1 saturated heterocycles. The molecular weight excluding hydrogens is 222 g/mol. The maximum Gasteiger partial charge on any atom is 0.140 e. The van der Waals surface area contributed by atoms with E-state index in [2.05, 4.69) is 4.90 Å².